The molecule has 4 heteroatoms. The number of rotatable bonds is 9. The smallest absolute Gasteiger partial charge is 0.323 e. The topological polar surface area (TPSA) is 58.6 Å². The van der Waals surface area contributed by atoms with Gasteiger partial charge in [-0.3, -0.25) is 4.79 Å². The maximum atomic E-state index is 11.5. The Kier molecular flexibility index (Phi) is 8.15. The molecule has 0 saturated heterocycles. The minimum atomic E-state index is -0.776. The van der Waals surface area contributed by atoms with Gasteiger partial charge in [-0.2, -0.15) is 0 Å². The van der Waals surface area contributed by atoms with E-state index in [4.69, 9.17) is 4.74 Å². The molecule has 2 N–H and O–H groups in total. The maximum absolute atomic E-state index is 11.5. The minimum absolute atomic E-state index is 0.400. The van der Waals surface area contributed by atoms with E-state index in [0.717, 1.165) is 6.42 Å². The Labute approximate surface area is 123 Å². The fourth-order valence-electron chi connectivity index (χ4n) is 3.09. The van der Waals surface area contributed by atoms with Crippen LogP contribution in [0.3, 0.4) is 0 Å². The molecule has 1 saturated carbocycles. The van der Waals surface area contributed by atoms with E-state index < -0.39 is 11.5 Å². The van der Waals surface area contributed by atoms with E-state index in [1.54, 1.807) is 0 Å². The molecular weight excluding hydrogens is 254 g/mol. The van der Waals surface area contributed by atoms with Gasteiger partial charge in [-0.25, -0.2) is 0 Å². The third kappa shape index (κ3) is 5.41. The van der Waals surface area contributed by atoms with E-state index in [9.17, 15) is 9.90 Å². The molecule has 1 aliphatic rings. The van der Waals surface area contributed by atoms with E-state index in [2.05, 4.69) is 5.32 Å². The number of ether oxygens (including phenoxy) is 1. The number of likely N-dealkylation sites (N-methyl/N-ethyl adjacent to an activating group) is 1. The molecule has 0 bridgehead atoms. The highest BCUT2D eigenvalue weighted by atomic mass is 16.5. The molecule has 4 nitrogen and oxygen atoms in total. The summed E-state index contributed by atoms with van der Waals surface area (Å²) >= 11 is 0. The second kappa shape index (κ2) is 9.35. The van der Waals surface area contributed by atoms with Crippen molar-refractivity contribution in [3.05, 3.63) is 0 Å². The molecule has 0 aliphatic heterocycles. The molecule has 0 amide bonds. The zero-order valence-electron chi connectivity index (χ0n) is 13.1. The Balaban J connectivity index is 2.31. The number of aliphatic carboxylic acids is 1. The first-order chi connectivity index (χ1) is 9.64. The highest BCUT2D eigenvalue weighted by Crippen LogP contribution is 2.22. The third-order valence-electron chi connectivity index (χ3n) is 4.43. The first-order valence-corrected chi connectivity index (χ1v) is 8.24. The second-order valence-corrected chi connectivity index (χ2v) is 5.86. The van der Waals surface area contributed by atoms with Crippen molar-refractivity contribution < 1.29 is 14.6 Å². The third-order valence-corrected chi connectivity index (χ3v) is 4.43. The number of hydrogen-bond donors (Lipinski definition) is 2. The van der Waals surface area contributed by atoms with Gasteiger partial charge in [0, 0.05) is 6.61 Å². The lowest BCUT2D eigenvalue weighted by molar-refractivity contribution is -0.145. The molecule has 0 spiro atoms. The van der Waals surface area contributed by atoms with Gasteiger partial charge in [0.05, 0.1) is 6.10 Å². The second-order valence-electron chi connectivity index (χ2n) is 5.86. The predicted molar refractivity (Wildman–Crippen MR) is 81.0 cm³/mol. The predicted octanol–water partition coefficient (Wildman–Crippen LogP) is 3.35. The zero-order valence-corrected chi connectivity index (χ0v) is 13.1. The molecule has 1 atom stereocenters. The van der Waals surface area contributed by atoms with Crippen LogP contribution in [-0.2, 0) is 9.53 Å². The van der Waals surface area contributed by atoms with E-state index in [0.29, 0.717) is 32.1 Å². The lowest BCUT2D eigenvalue weighted by Crippen LogP contribution is -2.51. The summed E-state index contributed by atoms with van der Waals surface area (Å²) in [5.41, 5.74) is -0.776. The van der Waals surface area contributed by atoms with Gasteiger partial charge < -0.3 is 15.2 Å². The van der Waals surface area contributed by atoms with Crippen LogP contribution in [0.15, 0.2) is 0 Å². The molecule has 0 aromatic heterocycles. The fraction of sp³-hybridized carbons (Fsp3) is 0.938. The van der Waals surface area contributed by atoms with Crippen LogP contribution < -0.4 is 5.32 Å². The van der Waals surface area contributed by atoms with E-state index in [1.165, 1.54) is 38.5 Å². The average Bonchev–Trinajstić information content (AvgIpc) is 2.70. The van der Waals surface area contributed by atoms with Crippen LogP contribution in [0.25, 0.3) is 0 Å². The van der Waals surface area contributed by atoms with Gasteiger partial charge in [-0.15, -0.1) is 0 Å². The molecule has 1 fully saturated rings. The van der Waals surface area contributed by atoms with Crippen LogP contribution in [0, 0.1) is 0 Å². The Morgan fingerprint density at radius 2 is 1.90 bits per heavy atom. The summed E-state index contributed by atoms with van der Waals surface area (Å²) < 4.78 is 5.94. The van der Waals surface area contributed by atoms with Crippen LogP contribution in [0.5, 0.6) is 0 Å². The summed E-state index contributed by atoms with van der Waals surface area (Å²) in [6.45, 7) is 5.26. The van der Waals surface area contributed by atoms with Crippen LogP contribution >= 0.6 is 0 Å². The molecule has 1 rings (SSSR count). The minimum Gasteiger partial charge on any atom is -0.480 e. The SMILES string of the molecule is CCNC(CC)(CCCOC1CCCCCC1)C(=O)O. The Morgan fingerprint density at radius 1 is 1.25 bits per heavy atom. The van der Waals surface area contributed by atoms with E-state index >= 15 is 0 Å². The van der Waals surface area contributed by atoms with Gasteiger partial charge in [-0.1, -0.05) is 39.5 Å². The van der Waals surface area contributed by atoms with Crippen molar-refractivity contribution in [2.24, 2.45) is 0 Å². The average molecular weight is 285 g/mol. The molecule has 0 aromatic carbocycles. The zero-order chi connectivity index (χ0) is 14.8. The Hall–Kier alpha value is -0.610. The number of carbonyl (C=O) groups is 1. The number of carboxylic acid groups (broad SMARTS) is 1. The van der Waals surface area contributed by atoms with Gasteiger partial charge >= 0.3 is 5.97 Å². The molecule has 20 heavy (non-hydrogen) atoms. The van der Waals surface area contributed by atoms with Gasteiger partial charge in [0.2, 0.25) is 0 Å². The largest absolute Gasteiger partial charge is 0.480 e. The van der Waals surface area contributed by atoms with Gasteiger partial charge in [0.1, 0.15) is 5.54 Å². The first kappa shape index (κ1) is 17.4. The van der Waals surface area contributed by atoms with Crippen LogP contribution in [-0.4, -0.2) is 35.9 Å². The Morgan fingerprint density at radius 3 is 2.40 bits per heavy atom. The standard InChI is InChI=1S/C16H31NO3/c1-3-16(15(18)19,17-4-2)12-9-13-20-14-10-7-5-6-8-11-14/h14,17H,3-13H2,1-2H3,(H,18,19). The van der Waals surface area contributed by atoms with Crippen molar-refractivity contribution in [3.8, 4) is 0 Å². The summed E-state index contributed by atoms with van der Waals surface area (Å²) in [6.07, 6.45) is 10.0. The quantitative estimate of drug-likeness (QED) is 0.504. The fourth-order valence-corrected chi connectivity index (χ4v) is 3.09. The van der Waals surface area contributed by atoms with Gasteiger partial charge in [0.15, 0.2) is 0 Å². The van der Waals surface area contributed by atoms with E-state index in [-0.39, 0.29) is 0 Å². The van der Waals surface area contributed by atoms with E-state index in [1.807, 2.05) is 13.8 Å². The number of nitrogens with one attached hydrogen (secondary N) is 1. The molecule has 118 valence electrons. The first-order valence-electron chi connectivity index (χ1n) is 8.24. The lowest BCUT2D eigenvalue weighted by Gasteiger charge is -2.29. The van der Waals surface area contributed by atoms with Crippen LogP contribution in [0.1, 0.15) is 71.6 Å². The molecule has 0 radical (unpaired) electrons. The molecule has 1 aliphatic carbocycles. The number of hydrogen-bond acceptors (Lipinski definition) is 3. The highest BCUT2D eigenvalue weighted by molar-refractivity contribution is 5.78. The van der Waals surface area contributed by atoms with Gasteiger partial charge in [-0.05, 0) is 38.6 Å². The van der Waals surface area contributed by atoms with Crippen molar-refractivity contribution >= 4 is 5.97 Å². The van der Waals surface area contributed by atoms with Crippen molar-refractivity contribution in [2.45, 2.75) is 83.3 Å². The summed E-state index contributed by atoms with van der Waals surface area (Å²) in [5, 5.41) is 12.6. The molecule has 0 aromatic rings. The Bertz CT molecular complexity index is 275. The maximum Gasteiger partial charge on any atom is 0.323 e. The van der Waals surface area contributed by atoms with Crippen molar-refractivity contribution in [1.29, 1.82) is 0 Å². The normalized spacial score (nSPS) is 20.3. The summed E-state index contributed by atoms with van der Waals surface area (Å²) in [6, 6.07) is 0. The summed E-state index contributed by atoms with van der Waals surface area (Å²) in [4.78, 5) is 11.5. The van der Waals surface area contributed by atoms with Crippen LogP contribution in [0.2, 0.25) is 0 Å². The van der Waals surface area contributed by atoms with Crippen molar-refractivity contribution in [2.75, 3.05) is 13.2 Å². The molecular formula is C16H31NO3. The number of carboxylic acids is 1. The molecule has 1 unspecified atom stereocenters. The van der Waals surface area contributed by atoms with Crippen LogP contribution in [0.4, 0.5) is 0 Å². The van der Waals surface area contributed by atoms with Crippen molar-refractivity contribution in [1.82, 2.24) is 5.32 Å². The lowest BCUT2D eigenvalue weighted by atomic mass is 9.90. The van der Waals surface area contributed by atoms with Crippen molar-refractivity contribution in [3.63, 3.8) is 0 Å². The summed E-state index contributed by atoms with van der Waals surface area (Å²) in [5.74, 6) is -0.740. The highest BCUT2D eigenvalue weighted by Gasteiger charge is 2.34. The van der Waals surface area contributed by atoms with Gasteiger partial charge in [0.25, 0.3) is 0 Å². The monoisotopic (exact) mass is 285 g/mol. The summed E-state index contributed by atoms with van der Waals surface area (Å²) in [7, 11) is 0. The molecule has 0 heterocycles.